The summed E-state index contributed by atoms with van der Waals surface area (Å²) in [6.07, 6.45) is 3.41. The molecule has 0 radical (unpaired) electrons. The number of rotatable bonds is 8. The van der Waals surface area contributed by atoms with Crippen molar-refractivity contribution < 1.29 is 8.42 Å². The van der Waals surface area contributed by atoms with E-state index in [1.165, 1.54) is 12.8 Å². The maximum absolute atomic E-state index is 11.6. The Hall–Kier alpha value is -0.0900. The van der Waals surface area contributed by atoms with Crippen molar-refractivity contribution in [2.24, 2.45) is 11.8 Å². The van der Waals surface area contributed by atoms with Crippen LogP contribution in [0.25, 0.3) is 0 Å². The second-order valence-corrected chi connectivity index (χ2v) is 7.29. The highest BCUT2D eigenvalue weighted by molar-refractivity contribution is 7.91. The van der Waals surface area contributed by atoms with E-state index in [4.69, 9.17) is 0 Å². The molecule has 1 N–H and O–H groups in total. The Morgan fingerprint density at radius 1 is 1.27 bits per heavy atom. The first-order valence-electron chi connectivity index (χ1n) is 5.91. The normalized spacial score (nSPS) is 17.3. The molecule has 0 unspecified atom stereocenters. The lowest BCUT2D eigenvalue weighted by molar-refractivity contribution is 0.568. The molecule has 90 valence electrons. The second kappa shape index (κ2) is 5.85. The Morgan fingerprint density at radius 2 is 1.93 bits per heavy atom. The summed E-state index contributed by atoms with van der Waals surface area (Å²) in [4.78, 5) is 0. The average molecular weight is 233 g/mol. The predicted octanol–water partition coefficient (Wildman–Crippen LogP) is 1.45. The fourth-order valence-corrected chi connectivity index (χ4v) is 2.86. The molecule has 0 aromatic rings. The third-order valence-electron chi connectivity index (χ3n) is 2.73. The van der Waals surface area contributed by atoms with E-state index in [0.717, 1.165) is 18.9 Å². The van der Waals surface area contributed by atoms with Gasteiger partial charge in [-0.3, -0.25) is 0 Å². The maximum atomic E-state index is 11.6. The van der Waals surface area contributed by atoms with Gasteiger partial charge in [-0.1, -0.05) is 13.8 Å². The first-order valence-corrected chi connectivity index (χ1v) is 7.73. The van der Waals surface area contributed by atoms with Crippen LogP contribution in [0.4, 0.5) is 0 Å². The highest BCUT2D eigenvalue weighted by Crippen LogP contribution is 2.27. The maximum Gasteiger partial charge on any atom is 0.151 e. The first-order chi connectivity index (χ1) is 6.99. The lowest BCUT2D eigenvalue weighted by Gasteiger charge is -2.07. The van der Waals surface area contributed by atoms with Crippen LogP contribution >= 0.6 is 0 Å². The standard InChI is InChI=1S/C11H23NO2S/c1-10(2)5-7-15(13,14)8-6-12-9-11-3-4-11/h10-12H,3-9H2,1-2H3. The molecule has 4 heteroatoms. The minimum absolute atomic E-state index is 0.298. The van der Waals surface area contributed by atoms with Gasteiger partial charge in [0.05, 0.1) is 11.5 Å². The van der Waals surface area contributed by atoms with Crippen LogP contribution in [0, 0.1) is 11.8 Å². The second-order valence-electron chi connectivity index (χ2n) is 4.98. The van der Waals surface area contributed by atoms with E-state index in [1.807, 2.05) is 0 Å². The Morgan fingerprint density at radius 3 is 2.47 bits per heavy atom. The number of hydrogen-bond acceptors (Lipinski definition) is 3. The number of sulfone groups is 1. The summed E-state index contributed by atoms with van der Waals surface area (Å²) in [5.41, 5.74) is 0. The van der Waals surface area contributed by atoms with Crippen LogP contribution in [0.5, 0.6) is 0 Å². The van der Waals surface area contributed by atoms with Gasteiger partial charge in [-0.05, 0) is 37.6 Å². The van der Waals surface area contributed by atoms with Gasteiger partial charge in [0.15, 0.2) is 9.84 Å². The van der Waals surface area contributed by atoms with Gasteiger partial charge < -0.3 is 5.32 Å². The summed E-state index contributed by atoms with van der Waals surface area (Å²) >= 11 is 0. The molecule has 3 nitrogen and oxygen atoms in total. The largest absolute Gasteiger partial charge is 0.315 e. The van der Waals surface area contributed by atoms with Crippen LogP contribution < -0.4 is 5.32 Å². The van der Waals surface area contributed by atoms with E-state index >= 15 is 0 Å². The summed E-state index contributed by atoms with van der Waals surface area (Å²) in [6.45, 7) is 5.73. The molecular formula is C11H23NO2S. The van der Waals surface area contributed by atoms with Crippen LogP contribution in [0.2, 0.25) is 0 Å². The zero-order valence-electron chi connectivity index (χ0n) is 9.83. The summed E-state index contributed by atoms with van der Waals surface area (Å²) in [6, 6.07) is 0. The molecule has 0 spiro atoms. The smallest absolute Gasteiger partial charge is 0.151 e. The molecule has 0 aromatic carbocycles. The topological polar surface area (TPSA) is 46.2 Å². The molecule has 1 aliphatic rings. The van der Waals surface area contributed by atoms with Crippen molar-refractivity contribution in [2.45, 2.75) is 33.1 Å². The van der Waals surface area contributed by atoms with Gasteiger partial charge in [0, 0.05) is 6.54 Å². The summed E-state index contributed by atoms with van der Waals surface area (Å²) in [5.74, 6) is 1.94. The number of nitrogens with one attached hydrogen (secondary N) is 1. The van der Waals surface area contributed by atoms with Gasteiger partial charge in [0.25, 0.3) is 0 Å². The van der Waals surface area contributed by atoms with Crippen molar-refractivity contribution in [3.05, 3.63) is 0 Å². The van der Waals surface area contributed by atoms with Crippen molar-refractivity contribution in [3.63, 3.8) is 0 Å². The van der Waals surface area contributed by atoms with Gasteiger partial charge in [-0.25, -0.2) is 8.42 Å². The van der Waals surface area contributed by atoms with Gasteiger partial charge in [0.1, 0.15) is 0 Å². The Kier molecular flexibility index (Phi) is 5.06. The molecule has 15 heavy (non-hydrogen) atoms. The minimum atomic E-state index is -2.82. The fraction of sp³-hybridized carbons (Fsp3) is 1.00. The highest BCUT2D eigenvalue weighted by atomic mass is 32.2. The zero-order valence-corrected chi connectivity index (χ0v) is 10.6. The lowest BCUT2D eigenvalue weighted by Crippen LogP contribution is -2.26. The fourth-order valence-electron chi connectivity index (χ4n) is 1.37. The van der Waals surface area contributed by atoms with Crippen molar-refractivity contribution in [3.8, 4) is 0 Å². The molecule has 0 atom stereocenters. The van der Waals surface area contributed by atoms with Gasteiger partial charge in [-0.2, -0.15) is 0 Å². The molecule has 0 aliphatic heterocycles. The Labute approximate surface area is 93.6 Å². The van der Waals surface area contributed by atoms with Crippen molar-refractivity contribution in [2.75, 3.05) is 24.6 Å². The summed E-state index contributed by atoms with van der Waals surface area (Å²) in [7, 11) is -2.82. The third-order valence-corrected chi connectivity index (χ3v) is 4.41. The third kappa shape index (κ3) is 6.90. The van der Waals surface area contributed by atoms with E-state index in [9.17, 15) is 8.42 Å². The minimum Gasteiger partial charge on any atom is -0.315 e. The Balaban J connectivity index is 2.05. The number of hydrogen-bond donors (Lipinski definition) is 1. The molecule has 1 fully saturated rings. The molecule has 0 heterocycles. The average Bonchev–Trinajstić information content (AvgIpc) is 2.93. The highest BCUT2D eigenvalue weighted by Gasteiger charge is 2.20. The van der Waals surface area contributed by atoms with E-state index in [0.29, 0.717) is 24.0 Å². The quantitative estimate of drug-likeness (QED) is 0.645. The lowest BCUT2D eigenvalue weighted by atomic mass is 10.2. The van der Waals surface area contributed by atoms with Crippen LogP contribution in [0.1, 0.15) is 33.1 Å². The van der Waals surface area contributed by atoms with E-state index in [2.05, 4.69) is 19.2 Å². The molecule has 0 amide bonds. The zero-order chi connectivity index (χ0) is 11.3. The van der Waals surface area contributed by atoms with E-state index in [1.54, 1.807) is 0 Å². The van der Waals surface area contributed by atoms with E-state index < -0.39 is 9.84 Å². The van der Waals surface area contributed by atoms with Crippen molar-refractivity contribution >= 4 is 9.84 Å². The first kappa shape index (κ1) is 13.0. The van der Waals surface area contributed by atoms with Crippen LogP contribution in [-0.4, -0.2) is 33.0 Å². The Bertz CT molecular complexity index is 268. The molecule has 0 saturated heterocycles. The molecule has 1 rings (SSSR count). The van der Waals surface area contributed by atoms with Crippen molar-refractivity contribution in [1.29, 1.82) is 0 Å². The van der Waals surface area contributed by atoms with Gasteiger partial charge in [0.2, 0.25) is 0 Å². The molecular weight excluding hydrogens is 210 g/mol. The summed E-state index contributed by atoms with van der Waals surface area (Å²) < 4.78 is 23.1. The van der Waals surface area contributed by atoms with Crippen molar-refractivity contribution in [1.82, 2.24) is 5.32 Å². The SMILES string of the molecule is CC(C)CCS(=O)(=O)CCNCC1CC1. The predicted molar refractivity (Wildman–Crippen MR) is 63.7 cm³/mol. The molecule has 1 saturated carbocycles. The molecule has 0 aromatic heterocycles. The van der Waals surface area contributed by atoms with Gasteiger partial charge in [-0.15, -0.1) is 0 Å². The van der Waals surface area contributed by atoms with Crippen LogP contribution in [0.15, 0.2) is 0 Å². The molecule has 1 aliphatic carbocycles. The summed E-state index contributed by atoms with van der Waals surface area (Å²) in [5, 5.41) is 3.21. The molecule has 0 bridgehead atoms. The van der Waals surface area contributed by atoms with Gasteiger partial charge >= 0.3 is 0 Å². The van der Waals surface area contributed by atoms with Crippen LogP contribution in [0.3, 0.4) is 0 Å². The van der Waals surface area contributed by atoms with Crippen LogP contribution in [-0.2, 0) is 9.84 Å². The van der Waals surface area contributed by atoms with E-state index in [-0.39, 0.29) is 0 Å². The monoisotopic (exact) mass is 233 g/mol.